The predicted octanol–water partition coefficient (Wildman–Crippen LogP) is 3.65. The number of carbonyl (C=O) groups excluding carboxylic acids is 2. The Hall–Kier alpha value is -2.14. The smallest absolute Gasteiger partial charge is 0.223 e. The highest BCUT2D eigenvalue weighted by molar-refractivity contribution is 5.89. The summed E-state index contributed by atoms with van der Waals surface area (Å²) in [7, 11) is 0. The van der Waals surface area contributed by atoms with Crippen molar-refractivity contribution in [2.75, 3.05) is 6.61 Å². The first kappa shape index (κ1) is 29.8. The standard InChI is InChI=1S/C29H43FN2O7/c1-7-29-13-20(19(30)11-18-14-37-17(3)31-18)32-23(34)12-22(33)27(4,5)26(36)24(21-15-38-21)25(35)16(2)9-8-10-28(29,6)39-29/h11,14,16,20-22,24-25,33,35H,7-10,12-13,15H2,1-6H3,(H,32,34)/t16-,20-,21?,22-,24-,25+,28?,29?/m0/s1. The molecule has 3 aliphatic heterocycles. The van der Waals surface area contributed by atoms with Crippen molar-refractivity contribution < 1.29 is 38.1 Å². The van der Waals surface area contributed by atoms with Gasteiger partial charge < -0.3 is 29.4 Å². The van der Waals surface area contributed by atoms with E-state index in [9.17, 15) is 19.8 Å². The van der Waals surface area contributed by atoms with Gasteiger partial charge in [-0.25, -0.2) is 9.37 Å². The average Bonchev–Trinajstić information content (AvgIpc) is 3.75. The second-order valence-corrected chi connectivity index (χ2v) is 12.4. The molecule has 3 unspecified atom stereocenters. The Morgan fingerprint density at radius 2 is 1.97 bits per heavy atom. The van der Waals surface area contributed by atoms with Crippen molar-refractivity contribution in [3.05, 3.63) is 23.7 Å². The number of nitrogens with zero attached hydrogens (tertiary/aromatic N) is 1. The lowest BCUT2D eigenvalue weighted by atomic mass is 9.71. The molecule has 0 aromatic carbocycles. The third kappa shape index (κ3) is 6.14. The Balaban J connectivity index is 1.64. The maximum absolute atomic E-state index is 15.7. The van der Waals surface area contributed by atoms with Crippen LogP contribution >= 0.6 is 0 Å². The third-order valence-corrected chi connectivity index (χ3v) is 9.21. The SMILES string of the molecule is CCC12C[C@@H](C(F)=Cc3coc(C)n3)NC(=O)C[C@H](O)C(C)(C)C(=O)[C@@H](C3CO3)[C@H](O)[C@@H](C)CCCC1(C)O2. The fourth-order valence-corrected chi connectivity index (χ4v) is 6.14. The monoisotopic (exact) mass is 550 g/mol. The number of halogens is 1. The molecule has 1 aromatic rings. The van der Waals surface area contributed by atoms with Crippen LogP contribution in [0.4, 0.5) is 4.39 Å². The fraction of sp³-hybridized carbons (Fsp3) is 0.759. The van der Waals surface area contributed by atoms with Crippen LogP contribution in [0.2, 0.25) is 0 Å². The van der Waals surface area contributed by atoms with Crippen molar-refractivity contribution in [3.63, 3.8) is 0 Å². The Bertz CT molecular complexity index is 1100. The van der Waals surface area contributed by atoms with Crippen molar-refractivity contribution in [2.45, 2.75) is 116 Å². The normalized spacial score (nSPS) is 40.1. The Labute approximate surface area is 229 Å². The van der Waals surface area contributed by atoms with Crippen molar-refractivity contribution in [1.29, 1.82) is 0 Å². The van der Waals surface area contributed by atoms with Gasteiger partial charge >= 0.3 is 0 Å². The van der Waals surface area contributed by atoms with Crippen molar-refractivity contribution in [1.82, 2.24) is 10.3 Å². The summed E-state index contributed by atoms with van der Waals surface area (Å²) in [5, 5.41) is 25.0. The Kier molecular flexibility index (Phi) is 8.44. The minimum absolute atomic E-state index is 0.190. The molecule has 3 aliphatic rings. The number of aryl methyl sites for hydroxylation is 1. The molecule has 4 heterocycles. The van der Waals surface area contributed by atoms with E-state index in [2.05, 4.69) is 10.3 Å². The number of hydrogen-bond donors (Lipinski definition) is 3. The largest absolute Gasteiger partial charge is 0.449 e. The molecule has 8 atom stereocenters. The van der Waals surface area contributed by atoms with E-state index in [0.29, 0.717) is 37.5 Å². The summed E-state index contributed by atoms with van der Waals surface area (Å²) in [6.45, 7) is 11.1. The molecule has 0 aliphatic carbocycles. The maximum atomic E-state index is 15.7. The molecular formula is C29H43FN2O7. The predicted molar refractivity (Wildman–Crippen MR) is 141 cm³/mol. The molecule has 1 amide bonds. The van der Waals surface area contributed by atoms with Gasteiger partial charge in [-0.15, -0.1) is 0 Å². The van der Waals surface area contributed by atoms with Gasteiger partial charge in [0.15, 0.2) is 5.89 Å². The van der Waals surface area contributed by atoms with Gasteiger partial charge in [0.2, 0.25) is 5.91 Å². The molecule has 0 spiro atoms. The van der Waals surface area contributed by atoms with Gasteiger partial charge in [-0.3, -0.25) is 9.59 Å². The number of rotatable bonds is 4. The molecule has 3 fully saturated rings. The van der Waals surface area contributed by atoms with Crippen molar-refractivity contribution in [3.8, 4) is 0 Å². The number of hydrogen-bond acceptors (Lipinski definition) is 8. The number of nitrogens with one attached hydrogen (secondary N) is 1. The van der Waals surface area contributed by atoms with Gasteiger partial charge in [-0.2, -0.15) is 0 Å². The minimum atomic E-state index is -1.35. The number of aromatic nitrogens is 1. The van der Waals surface area contributed by atoms with E-state index < -0.39 is 65.0 Å². The van der Waals surface area contributed by atoms with Crippen molar-refractivity contribution in [2.24, 2.45) is 17.3 Å². The molecule has 0 radical (unpaired) electrons. The van der Waals surface area contributed by atoms with Crippen LogP contribution in [0.25, 0.3) is 6.08 Å². The first-order chi connectivity index (χ1) is 18.2. The molecule has 10 heteroatoms. The fourth-order valence-electron chi connectivity index (χ4n) is 6.14. The second kappa shape index (κ2) is 11.0. The molecule has 0 bridgehead atoms. The minimum Gasteiger partial charge on any atom is -0.449 e. The summed E-state index contributed by atoms with van der Waals surface area (Å²) >= 11 is 0. The summed E-state index contributed by atoms with van der Waals surface area (Å²) < 4.78 is 32.6. The number of epoxide rings is 2. The third-order valence-electron chi connectivity index (χ3n) is 9.21. The first-order valence-corrected chi connectivity index (χ1v) is 14.0. The van der Waals surface area contributed by atoms with Crippen LogP contribution < -0.4 is 5.32 Å². The van der Waals surface area contributed by atoms with Crippen LogP contribution in [0.1, 0.15) is 84.7 Å². The highest BCUT2D eigenvalue weighted by atomic mass is 19.1. The van der Waals surface area contributed by atoms with E-state index in [1.165, 1.54) is 12.3 Å². The molecular weight excluding hydrogens is 507 g/mol. The second-order valence-electron chi connectivity index (χ2n) is 12.4. The summed E-state index contributed by atoms with van der Waals surface area (Å²) in [6, 6.07) is -1.02. The highest BCUT2D eigenvalue weighted by Gasteiger charge is 2.65. The number of oxazole rings is 1. The number of aliphatic hydroxyl groups is 2. The highest BCUT2D eigenvalue weighted by Crippen LogP contribution is 2.56. The van der Waals surface area contributed by atoms with Crippen LogP contribution in [-0.2, 0) is 19.1 Å². The molecule has 4 rings (SSSR count). The van der Waals surface area contributed by atoms with E-state index in [-0.39, 0.29) is 18.1 Å². The molecule has 9 nitrogen and oxygen atoms in total. The average molecular weight is 551 g/mol. The lowest BCUT2D eigenvalue weighted by molar-refractivity contribution is -0.145. The topological polar surface area (TPSA) is 138 Å². The van der Waals surface area contributed by atoms with Gasteiger partial charge in [0.25, 0.3) is 0 Å². The molecule has 3 saturated heterocycles. The lowest BCUT2D eigenvalue weighted by Crippen LogP contribution is -2.50. The van der Waals surface area contributed by atoms with Crippen molar-refractivity contribution >= 4 is 17.8 Å². The Morgan fingerprint density at radius 3 is 2.56 bits per heavy atom. The molecule has 0 saturated carbocycles. The van der Waals surface area contributed by atoms with E-state index in [0.717, 1.165) is 6.42 Å². The zero-order valence-electron chi connectivity index (χ0n) is 23.8. The van der Waals surface area contributed by atoms with Gasteiger partial charge in [-0.1, -0.05) is 34.1 Å². The van der Waals surface area contributed by atoms with Crippen LogP contribution in [0.3, 0.4) is 0 Å². The number of amides is 1. The number of ether oxygens (including phenoxy) is 2. The summed E-state index contributed by atoms with van der Waals surface area (Å²) in [4.78, 5) is 30.9. The van der Waals surface area contributed by atoms with E-state index >= 15 is 4.39 Å². The summed E-state index contributed by atoms with van der Waals surface area (Å²) in [6.07, 6.45) is 2.38. The van der Waals surface area contributed by atoms with Crippen LogP contribution in [0.15, 0.2) is 16.5 Å². The lowest BCUT2D eigenvalue weighted by Gasteiger charge is -2.35. The zero-order valence-corrected chi connectivity index (χ0v) is 23.8. The van der Waals surface area contributed by atoms with E-state index in [1.54, 1.807) is 20.8 Å². The van der Waals surface area contributed by atoms with E-state index in [4.69, 9.17) is 13.9 Å². The molecule has 3 N–H and O–H groups in total. The van der Waals surface area contributed by atoms with E-state index in [1.807, 2.05) is 20.8 Å². The molecule has 1 aromatic heterocycles. The molecule has 218 valence electrons. The van der Waals surface area contributed by atoms with Crippen LogP contribution in [0.5, 0.6) is 0 Å². The van der Waals surface area contributed by atoms with Gasteiger partial charge in [0.05, 0.1) is 59.9 Å². The zero-order chi connectivity index (χ0) is 28.8. The number of Topliss-reactive ketones (excluding diaryl/α,β-unsaturated/α-hetero) is 1. The molecule has 39 heavy (non-hydrogen) atoms. The van der Waals surface area contributed by atoms with Crippen LogP contribution in [0, 0.1) is 24.2 Å². The number of aliphatic hydroxyl groups excluding tert-OH is 2. The number of fused-ring (bicyclic) bond motifs is 1. The van der Waals surface area contributed by atoms with Gasteiger partial charge in [0.1, 0.15) is 23.6 Å². The van der Waals surface area contributed by atoms with Crippen LogP contribution in [-0.4, -0.2) is 69.1 Å². The quantitative estimate of drug-likeness (QED) is 0.483. The summed E-state index contributed by atoms with van der Waals surface area (Å²) in [5.41, 5.74) is -2.21. The van der Waals surface area contributed by atoms with Gasteiger partial charge in [-0.05, 0) is 32.1 Å². The maximum Gasteiger partial charge on any atom is 0.223 e. The van der Waals surface area contributed by atoms with Gasteiger partial charge in [0, 0.05) is 19.4 Å². The Morgan fingerprint density at radius 1 is 1.28 bits per heavy atom. The first-order valence-electron chi connectivity index (χ1n) is 14.0. The number of carbonyl (C=O) groups is 2. The summed E-state index contributed by atoms with van der Waals surface area (Å²) in [5.74, 6) is -2.14. The number of ketones is 1.